The first kappa shape index (κ1) is 17.0. The van der Waals surface area contributed by atoms with E-state index < -0.39 is 11.7 Å². The Bertz CT molecular complexity index is 678. The normalized spacial score (nSPS) is 20.5. The van der Waals surface area contributed by atoms with Gasteiger partial charge in [-0.3, -0.25) is 4.90 Å². The van der Waals surface area contributed by atoms with Crippen molar-refractivity contribution < 1.29 is 13.2 Å². The molecule has 2 unspecified atom stereocenters. The second-order valence-electron chi connectivity index (χ2n) is 6.47. The van der Waals surface area contributed by atoms with E-state index in [0.29, 0.717) is 0 Å². The zero-order valence-electron chi connectivity index (χ0n) is 13.8. The van der Waals surface area contributed by atoms with Gasteiger partial charge in [0.1, 0.15) is 12.2 Å². The smallest absolute Gasteiger partial charge is 0.319 e. The van der Waals surface area contributed by atoms with Crippen molar-refractivity contribution in [2.45, 2.75) is 37.9 Å². The maximum atomic E-state index is 12.7. The number of alkyl halides is 3. The molecule has 0 radical (unpaired) electrons. The lowest BCUT2D eigenvalue weighted by molar-refractivity contribution is -0.137. The highest BCUT2D eigenvalue weighted by atomic mass is 19.4. The summed E-state index contributed by atoms with van der Waals surface area (Å²) in [5.74, 6) is 1.10. The highest BCUT2D eigenvalue weighted by Gasteiger charge is 2.32. The third-order valence-electron chi connectivity index (χ3n) is 4.72. The van der Waals surface area contributed by atoms with Gasteiger partial charge in [0.25, 0.3) is 0 Å². The summed E-state index contributed by atoms with van der Waals surface area (Å²) in [6.07, 6.45) is -0.457. The Balaban J connectivity index is 1.70. The largest absolute Gasteiger partial charge is 0.416 e. The average molecular weight is 338 g/mol. The van der Waals surface area contributed by atoms with Crippen LogP contribution in [0.25, 0.3) is 0 Å². The van der Waals surface area contributed by atoms with Crippen LogP contribution in [0.5, 0.6) is 0 Å². The minimum Gasteiger partial charge on any atom is -0.319 e. The van der Waals surface area contributed by atoms with Crippen LogP contribution in [0, 0.1) is 0 Å². The molecule has 2 atom stereocenters. The molecule has 130 valence electrons. The Hall–Kier alpha value is -1.89. The van der Waals surface area contributed by atoms with Gasteiger partial charge in [0.15, 0.2) is 0 Å². The molecular formula is C17H21F3N4. The van der Waals surface area contributed by atoms with Crippen molar-refractivity contribution in [2.24, 2.45) is 7.05 Å². The molecule has 0 saturated carbocycles. The molecule has 0 amide bonds. The topological polar surface area (TPSA) is 34.0 Å². The van der Waals surface area contributed by atoms with Gasteiger partial charge < -0.3 is 4.57 Å². The Labute approximate surface area is 139 Å². The summed E-state index contributed by atoms with van der Waals surface area (Å²) in [7, 11) is 1.94. The van der Waals surface area contributed by atoms with Gasteiger partial charge in [-0.25, -0.2) is 0 Å². The fourth-order valence-corrected chi connectivity index (χ4v) is 3.39. The molecule has 1 aliphatic heterocycles. The molecule has 7 heteroatoms. The van der Waals surface area contributed by atoms with E-state index in [-0.39, 0.29) is 12.0 Å². The van der Waals surface area contributed by atoms with E-state index in [4.69, 9.17) is 0 Å². The van der Waals surface area contributed by atoms with E-state index in [9.17, 15) is 13.2 Å². The van der Waals surface area contributed by atoms with Gasteiger partial charge in [-0.15, -0.1) is 10.2 Å². The highest BCUT2D eigenvalue weighted by molar-refractivity contribution is 5.27. The van der Waals surface area contributed by atoms with Crippen molar-refractivity contribution in [3.05, 3.63) is 47.5 Å². The first-order valence-electron chi connectivity index (χ1n) is 8.11. The lowest BCUT2D eigenvalue weighted by atomic mass is 9.98. The molecule has 24 heavy (non-hydrogen) atoms. The van der Waals surface area contributed by atoms with E-state index in [1.165, 1.54) is 0 Å². The van der Waals surface area contributed by atoms with E-state index in [1.54, 1.807) is 18.5 Å². The molecule has 0 N–H and O–H groups in total. The van der Waals surface area contributed by atoms with E-state index in [2.05, 4.69) is 22.0 Å². The lowest BCUT2D eigenvalue weighted by Gasteiger charge is -2.27. The summed E-state index contributed by atoms with van der Waals surface area (Å²) in [4.78, 5) is 2.35. The highest BCUT2D eigenvalue weighted by Crippen LogP contribution is 2.34. The van der Waals surface area contributed by atoms with Gasteiger partial charge in [0, 0.05) is 13.6 Å². The van der Waals surface area contributed by atoms with Crippen LogP contribution in [-0.4, -0.2) is 32.8 Å². The molecule has 2 heterocycles. The number of nitrogens with zero attached hydrogens (tertiary/aromatic N) is 4. The minimum absolute atomic E-state index is 0.154. The summed E-state index contributed by atoms with van der Waals surface area (Å²) >= 11 is 0. The Morgan fingerprint density at radius 1 is 1.25 bits per heavy atom. The molecule has 0 aliphatic carbocycles. The molecule has 1 fully saturated rings. The van der Waals surface area contributed by atoms with Gasteiger partial charge in [-0.05, 0) is 43.0 Å². The van der Waals surface area contributed by atoms with Crippen molar-refractivity contribution in [1.29, 1.82) is 0 Å². The minimum atomic E-state index is -4.28. The summed E-state index contributed by atoms with van der Waals surface area (Å²) in [6.45, 7) is 3.82. The molecule has 2 aromatic rings. The maximum Gasteiger partial charge on any atom is 0.416 e. The van der Waals surface area contributed by atoms with Crippen LogP contribution >= 0.6 is 0 Å². The quantitative estimate of drug-likeness (QED) is 0.851. The number of likely N-dealkylation sites (tertiary alicyclic amines) is 1. The number of benzene rings is 1. The van der Waals surface area contributed by atoms with Crippen molar-refractivity contribution in [1.82, 2.24) is 19.7 Å². The number of hydrogen-bond acceptors (Lipinski definition) is 3. The van der Waals surface area contributed by atoms with Gasteiger partial charge in [-0.1, -0.05) is 19.1 Å². The molecule has 3 rings (SSSR count). The average Bonchev–Trinajstić information content (AvgIpc) is 3.15. The number of rotatable bonds is 4. The first-order chi connectivity index (χ1) is 11.4. The third kappa shape index (κ3) is 3.45. The lowest BCUT2D eigenvalue weighted by Crippen LogP contribution is -2.29. The zero-order valence-corrected chi connectivity index (χ0v) is 13.8. The van der Waals surface area contributed by atoms with Crippen LogP contribution in [0.1, 0.15) is 48.7 Å². The third-order valence-corrected chi connectivity index (χ3v) is 4.72. The Morgan fingerprint density at radius 3 is 2.54 bits per heavy atom. The van der Waals surface area contributed by atoms with Crippen LogP contribution < -0.4 is 0 Å². The van der Waals surface area contributed by atoms with E-state index in [1.807, 2.05) is 11.6 Å². The van der Waals surface area contributed by atoms with Crippen molar-refractivity contribution in [3.63, 3.8) is 0 Å². The van der Waals surface area contributed by atoms with Gasteiger partial charge in [-0.2, -0.15) is 13.2 Å². The van der Waals surface area contributed by atoms with Crippen LogP contribution in [0.2, 0.25) is 0 Å². The molecule has 1 aliphatic rings. The Kier molecular flexibility index (Phi) is 4.62. The SMILES string of the molecule is CC(CN1CCCC1c1nncn1C)c1ccc(C(F)(F)F)cc1. The van der Waals surface area contributed by atoms with Crippen molar-refractivity contribution >= 4 is 0 Å². The summed E-state index contributed by atoms with van der Waals surface area (Å²) in [6, 6.07) is 5.72. The number of aryl methyl sites for hydroxylation is 1. The maximum absolute atomic E-state index is 12.7. The van der Waals surface area contributed by atoms with Crippen LogP contribution in [0.15, 0.2) is 30.6 Å². The number of halogens is 3. The summed E-state index contributed by atoms with van der Waals surface area (Å²) in [5.41, 5.74) is 0.322. The fraction of sp³-hybridized carbons (Fsp3) is 0.529. The second kappa shape index (κ2) is 6.55. The predicted octanol–water partition coefficient (Wildman–Crippen LogP) is 3.77. The van der Waals surface area contributed by atoms with Gasteiger partial charge >= 0.3 is 6.18 Å². The number of hydrogen-bond donors (Lipinski definition) is 0. The molecule has 4 nitrogen and oxygen atoms in total. The molecule has 1 aromatic heterocycles. The van der Waals surface area contributed by atoms with E-state index in [0.717, 1.165) is 49.5 Å². The van der Waals surface area contributed by atoms with Crippen LogP contribution in [-0.2, 0) is 13.2 Å². The molecule has 0 bridgehead atoms. The monoisotopic (exact) mass is 338 g/mol. The summed E-state index contributed by atoms with van der Waals surface area (Å²) < 4.78 is 39.9. The van der Waals surface area contributed by atoms with Gasteiger partial charge in [0.2, 0.25) is 0 Å². The van der Waals surface area contributed by atoms with Crippen LogP contribution in [0.4, 0.5) is 13.2 Å². The van der Waals surface area contributed by atoms with Crippen LogP contribution in [0.3, 0.4) is 0 Å². The second-order valence-corrected chi connectivity index (χ2v) is 6.47. The molecule has 1 aromatic carbocycles. The fourth-order valence-electron chi connectivity index (χ4n) is 3.39. The van der Waals surface area contributed by atoms with Crippen molar-refractivity contribution in [2.75, 3.05) is 13.1 Å². The number of aromatic nitrogens is 3. The zero-order chi connectivity index (χ0) is 17.3. The van der Waals surface area contributed by atoms with Gasteiger partial charge in [0.05, 0.1) is 11.6 Å². The summed E-state index contributed by atoms with van der Waals surface area (Å²) in [5, 5.41) is 8.16. The van der Waals surface area contributed by atoms with E-state index >= 15 is 0 Å². The first-order valence-corrected chi connectivity index (χ1v) is 8.11. The predicted molar refractivity (Wildman–Crippen MR) is 84.4 cm³/mol. The molecular weight excluding hydrogens is 317 g/mol. The Morgan fingerprint density at radius 2 is 1.96 bits per heavy atom. The van der Waals surface area contributed by atoms with Crippen molar-refractivity contribution in [3.8, 4) is 0 Å². The standard InChI is InChI=1S/C17H21F3N4/c1-12(13-5-7-14(8-6-13)17(18,19)20)10-24-9-3-4-15(24)16-22-21-11-23(16)2/h5-8,11-12,15H,3-4,9-10H2,1-2H3. The molecule has 1 saturated heterocycles. The molecule has 0 spiro atoms.